The first kappa shape index (κ1) is 14.4. The van der Waals surface area contributed by atoms with E-state index in [2.05, 4.69) is 5.32 Å². The highest BCUT2D eigenvalue weighted by Crippen LogP contribution is 2.35. The van der Waals surface area contributed by atoms with Crippen molar-refractivity contribution in [2.24, 2.45) is 0 Å². The molecule has 1 aliphatic carbocycles. The highest BCUT2D eigenvalue weighted by Gasteiger charge is 2.36. The minimum Gasteiger partial charge on any atom is -0.490 e. The molecular formula is C12H11F4NO3. The van der Waals surface area contributed by atoms with Gasteiger partial charge in [-0.1, -0.05) is 0 Å². The number of alkyl halides is 3. The van der Waals surface area contributed by atoms with Crippen LogP contribution in [0.3, 0.4) is 0 Å². The number of benzene rings is 1. The molecule has 0 aromatic heterocycles. The molecule has 0 bridgehead atoms. The van der Waals surface area contributed by atoms with Gasteiger partial charge in [-0.15, -0.1) is 0 Å². The second-order valence-corrected chi connectivity index (χ2v) is 4.50. The third kappa shape index (κ3) is 3.31. The second kappa shape index (κ2) is 5.18. The van der Waals surface area contributed by atoms with Gasteiger partial charge >= 0.3 is 12.3 Å². The van der Waals surface area contributed by atoms with Gasteiger partial charge in [-0.2, -0.15) is 13.2 Å². The van der Waals surface area contributed by atoms with Crippen LogP contribution < -0.4 is 10.1 Å². The molecule has 1 saturated carbocycles. The summed E-state index contributed by atoms with van der Waals surface area (Å²) >= 11 is 0. The summed E-state index contributed by atoms with van der Waals surface area (Å²) in [5, 5.41) is 10.7. The molecule has 20 heavy (non-hydrogen) atoms. The van der Waals surface area contributed by atoms with Crippen molar-refractivity contribution in [2.75, 3.05) is 0 Å². The normalized spacial score (nSPS) is 22.0. The van der Waals surface area contributed by atoms with E-state index in [9.17, 15) is 22.4 Å². The maximum Gasteiger partial charge on any atom is 0.419 e. The van der Waals surface area contributed by atoms with Gasteiger partial charge in [0.1, 0.15) is 17.7 Å². The summed E-state index contributed by atoms with van der Waals surface area (Å²) in [5.74, 6) is -1.44. The average Bonchev–Trinajstić information content (AvgIpc) is 2.26. The van der Waals surface area contributed by atoms with Gasteiger partial charge < -0.3 is 15.2 Å². The Morgan fingerprint density at radius 3 is 2.55 bits per heavy atom. The van der Waals surface area contributed by atoms with Gasteiger partial charge in [0.2, 0.25) is 0 Å². The zero-order valence-electron chi connectivity index (χ0n) is 10.1. The van der Waals surface area contributed by atoms with Crippen molar-refractivity contribution < 1.29 is 32.2 Å². The average molecular weight is 293 g/mol. The van der Waals surface area contributed by atoms with Crippen LogP contribution in [-0.4, -0.2) is 23.3 Å². The summed E-state index contributed by atoms with van der Waals surface area (Å²) in [6.45, 7) is 0. The summed E-state index contributed by atoms with van der Waals surface area (Å²) in [4.78, 5) is 10.3. The van der Waals surface area contributed by atoms with Gasteiger partial charge in [-0.05, 0) is 18.2 Å². The number of nitrogens with one attached hydrogen (secondary N) is 1. The standard InChI is InChI=1S/C12H11F4NO3/c13-10-2-1-7(5-9(10)12(14,15)16)20-8-3-6(4-8)17-11(18)19/h1-2,5-6,8,17H,3-4H2,(H,18,19). The summed E-state index contributed by atoms with van der Waals surface area (Å²) < 4.78 is 55.8. The number of rotatable bonds is 3. The molecule has 0 aliphatic heterocycles. The Labute approximate surface area is 111 Å². The molecule has 0 atom stereocenters. The van der Waals surface area contributed by atoms with E-state index in [1.54, 1.807) is 0 Å². The first-order valence-electron chi connectivity index (χ1n) is 5.78. The van der Waals surface area contributed by atoms with E-state index >= 15 is 0 Å². The third-order valence-corrected chi connectivity index (χ3v) is 2.97. The van der Waals surface area contributed by atoms with Gasteiger partial charge in [0.05, 0.1) is 5.56 Å². The van der Waals surface area contributed by atoms with Crippen molar-refractivity contribution in [3.05, 3.63) is 29.6 Å². The lowest BCUT2D eigenvalue weighted by atomic mass is 9.89. The number of carboxylic acid groups (broad SMARTS) is 1. The molecule has 0 heterocycles. The molecule has 0 radical (unpaired) electrons. The topological polar surface area (TPSA) is 58.6 Å². The molecule has 4 nitrogen and oxygen atoms in total. The molecule has 0 spiro atoms. The molecular weight excluding hydrogens is 282 g/mol. The fourth-order valence-electron chi connectivity index (χ4n) is 1.94. The maximum absolute atomic E-state index is 13.1. The van der Waals surface area contributed by atoms with Crippen LogP contribution in [0.25, 0.3) is 0 Å². The van der Waals surface area contributed by atoms with Gasteiger partial charge in [0.25, 0.3) is 0 Å². The van der Waals surface area contributed by atoms with E-state index < -0.39 is 23.7 Å². The predicted molar refractivity (Wildman–Crippen MR) is 60.0 cm³/mol. The van der Waals surface area contributed by atoms with Crippen molar-refractivity contribution in [3.8, 4) is 5.75 Å². The Bertz CT molecular complexity index is 512. The Balaban J connectivity index is 1.97. The molecule has 2 rings (SSSR count). The monoisotopic (exact) mass is 293 g/mol. The van der Waals surface area contributed by atoms with Crippen molar-refractivity contribution >= 4 is 6.09 Å². The molecule has 8 heteroatoms. The smallest absolute Gasteiger partial charge is 0.419 e. The number of halogens is 4. The fraction of sp³-hybridized carbons (Fsp3) is 0.417. The summed E-state index contributed by atoms with van der Waals surface area (Å²) in [6.07, 6.45) is -5.58. The second-order valence-electron chi connectivity index (χ2n) is 4.50. The largest absolute Gasteiger partial charge is 0.490 e. The molecule has 0 saturated heterocycles. The van der Waals surface area contributed by atoms with E-state index in [0.29, 0.717) is 25.0 Å². The molecule has 0 unspecified atom stereocenters. The Hall–Kier alpha value is -1.99. The lowest BCUT2D eigenvalue weighted by Crippen LogP contribution is -2.48. The molecule has 2 N–H and O–H groups in total. The van der Waals surface area contributed by atoms with E-state index in [1.165, 1.54) is 0 Å². The van der Waals surface area contributed by atoms with Gasteiger partial charge in [-0.25, -0.2) is 9.18 Å². The van der Waals surface area contributed by atoms with Crippen molar-refractivity contribution in [1.82, 2.24) is 5.32 Å². The molecule has 1 fully saturated rings. The predicted octanol–water partition coefficient (Wildman–Crippen LogP) is 3.02. The van der Waals surface area contributed by atoms with Crippen molar-refractivity contribution in [1.29, 1.82) is 0 Å². The van der Waals surface area contributed by atoms with E-state index in [1.807, 2.05) is 0 Å². The highest BCUT2D eigenvalue weighted by molar-refractivity contribution is 5.65. The zero-order valence-corrected chi connectivity index (χ0v) is 10.1. The first-order valence-corrected chi connectivity index (χ1v) is 5.78. The molecule has 1 aliphatic rings. The zero-order chi connectivity index (χ0) is 14.9. The maximum atomic E-state index is 13.1. The minimum atomic E-state index is -4.78. The van der Waals surface area contributed by atoms with Crippen LogP contribution in [0.4, 0.5) is 22.4 Å². The van der Waals surface area contributed by atoms with Crippen LogP contribution in [0.1, 0.15) is 18.4 Å². The van der Waals surface area contributed by atoms with Crippen LogP contribution in [-0.2, 0) is 6.18 Å². The number of amides is 1. The minimum absolute atomic E-state index is 0.0856. The summed E-state index contributed by atoms with van der Waals surface area (Å²) in [7, 11) is 0. The van der Waals surface area contributed by atoms with Crippen LogP contribution >= 0.6 is 0 Å². The number of hydrogen-bond acceptors (Lipinski definition) is 2. The van der Waals surface area contributed by atoms with Crippen LogP contribution in [0.2, 0.25) is 0 Å². The van der Waals surface area contributed by atoms with E-state index in [0.717, 1.165) is 6.07 Å². The van der Waals surface area contributed by atoms with Crippen LogP contribution in [0, 0.1) is 5.82 Å². The number of ether oxygens (including phenoxy) is 1. The van der Waals surface area contributed by atoms with Crippen LogP contribution in [0.5, 0.6) is 5.75 Å². The quantitative estimate of drug-likeness (QED) is 0.842. The molecule has 1 aromatic rings. The van der Waals surface area contributed by atoms with E-state index in [-0.39, 0.29) is 17.9 Å². The van der Waals surface area contributed by atoms with Gasteiger partial charge in [0.15, 0.2) is 0 Å². The van der Waals surface area contributed by atoms with Crippen molar-refractivity contribution in [3.63, 3.8) is 0 Å². The summed E-state index contributed by atoms with van der Waals surface area (Å²) in [5.41, 5.74) is -1.38. The Kier molecular flexibility index (Phi) is 3.74. The molecule has 1 amide bonds. The Morgan fingerprint density at radius 2 is 2.00 bits per heavy atom. The van der Waals surface area contributed by atoms with Gasteiger partial charge in [-0.3, -0.25) is 0 Å². The lowest BCUT2D eigenvalue weighted by molar-refractivity contribution is -0.140. The fourth-order valence-corrected chi connectivity index (χ4v) is 1.94. The van der Waals surface area contributed by atoms with E-state index in [4.69, 9.17) is 9.84 Å². The molecule has 110 valence electrons. The lowest BCUT2D eigenvalue weighted by Gasteiger charge is -2.35. The SMILES string of the molecule is O=C(O)NC1CC(Oc2ccc(F)c(C(F)(F)F)c2)C1. The molecule has 1 aromatic carbocycles. The van der Waals surface area contributed by atoms with Crippen LogP contribution in [0.15, 0.2) is 18.2 Å². The first-order chi connectivity index (χ1) is 9.25. The van der Waals surface area contributed by atoms with Gasteiger partial charge in [0, 0.05) is 18.9 Å². The summed E-state index contributed by atoms with van der Waals surface area (Å²) in [6, 6.07) is 2.15. The van der Waals surface area contributed by atoms with Crippen molar-refractivity contribution in [2.45, 2.75) is 31.2 Å². The highest BCUT2D eigenvalue weighted by atomic mass is 19.4. The third-order valence-electron chi connectivity index (χ3n) is 2.97. The number of carbonyl (C=O) groups is 1. The Morgan fingerprint density at radius 1 is 1.35 bits per heavy atom. The number of hydrogen-bond donors (Lipinski definition) is 2.